The highest BCUT2D eigenvalue weighted by Crippen LogP contribution is 2.33. The van der Waals surface area contributed by atoms with E-state index >= 15 is 0 Å². The number of thiazole rings is 1. The number of rotatable bonds is 3. The second-order valence-electron chi connectivity index (χ2n) is 5.52. The van der Waals surface area contributed by atoms with Crippen LogP contribution in [0, 0.1) is 11.3 Å². The molecule has 1 aromatic carbocycles. The second kappa shape index (κ2) is 6.48. The van der Waals surface area contributed by atoms with E-state index in [1.54, 1.807) is 23.6 Å². The Morgan fingerprint density at radius 3 is 2.74 bits per heavy atom. The molecule has 1 aromatic heterocycles. The molecule has 1 N–H and O–H groups in total. The fraction of sp³-hybridized carbons (Fsp3) is 0.312. The van der Waals surface area contributed by atoms with Gasteiger partial charge >= 0.3 is 0 Å². The zero-order valence-electron chi connectivity index (χ0n) is 12.1. The van der Waals surface area contributed by atoms with Crippen molar-refractivity contribution in [3.05, 3.63) is 39.3 Å². The molecule has 1 fully saturated rings. The van der Waals surface area contributed by atoms with E-state index < -0.39 is 5.54 Å². The van der Waals surface area contributed by atoms with Gasteiger partial charge in [-0.25, -0.2) is 4.98 Å². The highest BCUT2D eigenvalue weighted by atomic mass is 35.5. The highest BCUT2D eigenvalue weighted by molar-refractivity contribution is 7.13. The topological polar surface area (TPSA) is 65.8 Å². The van der Waals surface area contributed by atoms with E-state index in [1.165, 1.54) is 11.3 Å². The molecule has 0 spiro atoms. The maximum absolute atomic E-state index is 12.4. The summed E-state index contributed by atoms with van der Waals surface area (Å²) < 4.78 is 0. The third-order valence-electron chi connectivity index (χ3n) is 3.92. The van der Waals surface area contributed by atoms with Crippen molar-refractivity contribution < 1.29 is 4.79 Å². The Kier molecular flexibility index (Phi) is 4.58. The molecule has 0 atom stereocenters. The van der Waals surface area contributed by atoms with E-state index in [0.29, 0.717) is 33.6 Å². The lowest BCUT2D eigenvalue weighted by atomic mass is 10.00. The summed E-state index contributed by atoms with van der Waals surface area (Å²) in [5.41, 5.74) is 0.284. The first-order chi connectivity index (χ1) is 11.0. The van der Waals surface area contributed by atoms with Gasteiger partial charge in [0.25, 0.3) is 5.91 Å². The molecular weight excluding hydrogens is 353 g/mol. The first kappa shape index (κ1) is 16.3. The molecule has 23 heavy (non-hydrogen) atoms. The van der Waals surface area contributed by atoms with Crippen molar-refractivity contribution in [2.24, 2.45) is 0 Å². The molecule has 1 heterocycles. The van der Waals surface area contributed by atoms with Crippen molar-refractivity contribution in [2.75, 3.05) is 0 Å². The summed E-state index contributed by atoms with van der Waals surface area (Å²) in [6, 6.07) is 7.39. The van der Waals surface area contributed by atoms with Crippen LogP contribution in [0.2, 0.25) is 10.0 Å². The first-order valence-electron chi connectivity index (χ1n) is 7.18. The number of hydrogen-bond acceptors (Lipinski definition) is 4. The minimum Gasteiger partial charge on any atom is -0.332 e. The lowest BCUT2D eigenvalue weighted by Gasteiger charge is -2.21. The second-order valence-corrected chi connectivity index (χ2v) is 7.22. The Bertz CT molecular complexity index is 791. The number of nitrogens with one attached hydrogen (secondary N) is 1. The zero-order valence-corrected chi connectivity index (χ0v) is 14.4. The predicted octanol–water partition coefficient (Wildman–Crippen LogP) is 4.68. The highest BCUT2D eigenvalue weighted by Gasteiger charge is 2.36. The molecule has 1 saturated carbocycles. The SMILES string of the molecule is N#CC1(NC(=O)c2csc(-c3ccc(Cl)cc3Cl)n2)CCCC1. The average molecular weight is 366 g/mol. The Labute approximate surface area is 148 Å². The van der Waals surface area contributed by atoms with Crippen LogP contribution in [0.4, 0.5) is 0 Å². The summed E-state index contributed by atoms with van der Waals surface area (Å²) in [7, 11) is 0. The lowest BCUT2D eigenvalue weighted by Crippen LogP contribution is -2.45. The summed E-state index contributed by atoms with van der Waals surface area (Å²) in [6.07, 6.45) is 3.29. The summed E-state index contributed by atoms with van der Waals surface area (Å²) >= 11 is 13.4. The molecule has 1 amide bonds. The van der Waals surface area contributed by atoms with Crippen LogP contribution < -0.4 is 5.32 Å². The van der Waals surface area contributed by atoms with E-state index in [-0.39, 0.29) is 5.91 Å². The number of halogens is 2. The van der Waals surface area contributed by atoms with E-state index in [0.717, 1.165) is 18.4 Å². The largest absolute Gasteiger partial charge is 0.332 e. The average Bonchev–Trinajstić information content (AvgIpc) is 3.17. The summed E-state index contributed by atoms with van der Waals surface area (Å²) in [5, 5.41) is 15.5. The molecule has 7 heteroatoms. The summed E-state index contributed by atoms with van der Waals surface area (Å²) in [4.78, 5) is 16.7. The fourth-order valence-corrected chi connectivity index (χ4v) is 4.08. The Balaban J connectivity index is 1.81. The fourth-order valence-electron chi connectivity index (χ4n) is 2.69. The standard InChI is InChI=1S/C16H13Cl2N3OS/c17-10-3-4-11(12(18)7-10)15-20-13(8-23-15)14(22)21-16(9-19)5-1-2-6-16/h3-4,7-8H,1-2,5-6H2,(H,21,22). The number of amides is 1. The molecule has 1 aliphatic rings. The van der Waals surface area contributed by atoms with E-state index in [2.05, 4.69) is 16.4 Å². The molecule has 4 nitrogen and oxygen atoms in total. The summed E-state index contributed by atoms with van der Waals surface area (Å²) in [6.45, 7) is 0. The molecule has 118 valence electrons. The van der Waals surface area contributed by atoms with Gasteiger partial charge in [-0.3, -0.25) is 4.79 Å². The third-order valence-corrected chi connectivity index (χ3v) is 5.35. The van der Waals surface area contributed by atoms with Crippen LogP contribution in [0.5, 0.6) is 0 Å². The van der Waals surface area contributed by atoms with Gasteiger partial charge in [0.05, 0.1) is 11.1 Å². The molecule has 1 aliphatic carbocycles. The van der Waals surface area contributed by atoms with Gasteiger partial charge in [-0.05, 0) is 43.9 Å². The molecule has 0 saturated heterocycles. The monoisotopic (exact) mass is 365 g/mol. The van der Waals surface area contributed by atoms with E-state index in [9.17, 15) is 10.1 Å². The lowest BCUT2D eigenvalue weighted by molar-refractivity contribution is 0.0916. The number of carbonyl (C=O) groups excluding carboxylic acids is 1. The van der Waals surface area contributed by atoms with Crippen LogP contribution in [0.1, 0.15) is 36.2 Å². The number of hydrogen-bond donors (Lipinski definition) is 1. The van der Waals surface area contributed by atoms with Crippen molar-refractivity contribution in [2.45, 2.75) is 31.2 Å². The molecule has 0 aliphatic heterocycles. The van der Waals surface area contributed by atoms with Crippen LogP contribution in [-0.2, 0) is 0 Å². The minimum absolute atomic E-state index is 0.303. The number of benzene rings is 1. The maximum Gasteiger partial charge on any atom is 0.272 e. The van der Waals surface area contributed by atoms with E-state index in [4.69, 9.17) is 23.2 Å². The summed E-state index contributed by atoms with van der Waals surface area (Å²) in [5.74, 6) is -0.318. The molecular formula is C16H13Cl2N3OS. The van der Waals surface area contributed by atoms with Crippen LogP contribution in [-0.4, -0.2) is 16.4 Å². The minimum atomic E-state index is -0.751. The molecule has 0 radical (unpaired) electrons. The van der Waals surface area contributed by atoms with Crippen LogP contribution in [0.15, 0.2) is 23.6 Å². The smallest absolute Gasteiger partial charge is 0.272 e. The van der Waals surface area contributed by atoms with Gasteiger partial charge < -0.3 is 5.32 Å². The molecule has 3 rings (SSSR count). The predicted molar refractivity (Wildman–Crippen MR) is 91.8 cm³/mol. The normalized spacial score (nSPS) is 16.0. The van der Waals surface area contributed by atoms with E-state index in [1.807, 2.05) is 0 Å². The Hall–Kier alpha value is -1.61. The number of nitriles is 1. The maximum atomic E-state index is 12.4. The third kappa shape index (κ3) is 3.35. The van der Waals surface area contributed by atoms with Crippen molar-refractivity contribution in [3.8, 4) is 16.6 Å². The zero-order chi connectivity index (χ0) is 16.4. The van der Waals surface area contributed by atoms with Gasteiger partial charge in [-0.2, -0.15) is 5.26 Å². The van der Waals surface area contributed by atoms with Gasteiger partial charge in [0.1, 0.15) is 16.2 Å². The van der Waals surface area contributed by atoms with Crippen molar-refractivity contribution in [3.63, 3.8) is 0 Å². The van der Waals surface area contributed by atoms with Crippen LogP contribution in [0.25, 0.3) is 10.6 Å². The van der Waals surface area contributed by atoms with Gasteiger partial charge in [0.2, 0.25) is 0 Å². The van der Waals surface area contributed by atoms with Gasteiger partial charge in [0.15, 0.2) is 0 Å². The first-order valence-corrected chi connectivity index (χ1v) is 8.81. The van der Waals surface area contributed by atoms with Crippen LogP contribution in [0.3, 0.4) is 0 Å². The van der Waals surface area contributed by atoms with Gasteiger partial charge in [-0.15, -0.1) is 11.3 Å². The molecule has 0 unspecified atom stereocenters. The van der Waals surface area contributed by atoms with Gasteiger partial charge in [0, 0.05) is 16.0 Å². The molecule has 2 aromatic rings. The Morgan fingerprint density at radius 2 is 2.09 bits per heavy atom. The Morgan fingerprint density at radius 1 is 1.35 bits per heavy atom. The van der Waals surface area contributed by atoms with Crippen molar-refractivity contribution in [1.82, 2.24) is 10.3 Å². The number of carbonyl (C=O) groups is 1. The molecule has 0 bridgehead atoms. The number of nitrogens with zero attached hydrogens (tertiary/aromatic N) is 2. The van der Waals surface area contributed by atoms with Crippen molar-refractivity contribution >= 4 is 40.4 Å². The number of aromatic nitrogens is 1. The quantitative estimate of drug-likeness (QED) is 0.858. The van der Waals surface area contributed by atoms with Crippen LogP contribution >= 0.6 is 34.5 Å². The van der Waals surface area contributed by atoms with Crippen molar-refractivity contribution in [1.29, 1.82) is 5.26 Å². The van der Waals surface area contributed by atoms with Gasteiger partial charge in [-0.1, -0.05) is 23.2 Å².